The van der Waals surface area contributed by atoms with E-state index in [2.05, 4.69) is 23.1 Å². The summed E-state index contributed by atoms with van der Waals surface area (Å²) in [5.74, 6) is -0.149. The molecule has 0 aliphatic rings. The second kappa shape index (κ2) is 6.25. The van der Waals surface area contributed by atoms with E-state index in [-0.39, 0.29) is 5.76 Å². The van der Waals surface area contributed by atoms with E-state index in [4.69, 9.17) is 4.42 Å². The molecule has 1 rings (SSSR count). The van der Waals surface area contributed by atoms with Gasteiger partial charge in [0, 0.05) is 18.7 Å². The molecule has 0 aromatic carbocycles. The van der Waals surface area contributed by atoms with Crippen LogP contribution in [-0.2, 0) is 11.3 Å². The van der Waals surface area contributed by atoms with E-state index in [0.717, 1.165) is 24.2 Å². The Morgan fingerprint density at radius 2 is 2.29 bits per heavy atom. The summed E-state index contributed by atoms with van der Waals surface area (Å²) in [5, 5.41) is 0. The summed E-state index contributed by atoms with van der Waals surface area (Å²) in [4.78, 5) is 13.6. The smallest absolute Gasteiger partial charge is 0.374 e. The number of esters is 1. The van der Waals surface area contributed by atoms with E-state index < -0.39 is 5.97 Å². The van der Waals surface area contributed by atoms with Crippen LogP contribution in [0.5, 0.6) is 0 Å². The molecule has 0 aliphatic carbocycles. The standard InChI is InChI=1S/C13H19NO3/c1-5-14(8-10(2)3)9-11-6-7-17-12(11)13(15)16-4/h6-7H,2,5,8-9H2,1,3-4H3. The molecule has 94 valence electrons. The van der Waals surface area contributed by atoms with Crippen LogP contribution in [0.15, 0.2) is 28.9 Å². The van der Waals surface area contributed by atoms with E-state index in [1.807, 2.05) is 6.92 Å². The number of ether oxygens (including phenoxy) is 1. The molecule has 4 nitrogen and oxygen atoms in total. The predicted octanol–water partition coefficient (Wildman–Crippen LogP) is 2.46. The van der Waals surface area contributed by atoms with Gasteiger partial charge in [0.05, 0.1) is 13.4 Å². The Morgan fingerprint density at radius 3 is 2.82 bits per heavy atom. The first-order valence-electron chi connectivity index (χ1n) is 5.59. The number of methoxy groups -OCH3 is 1. The lowest BCUT2D eigenvalue weighted by molar-refractivity contribution is 0.0562. The second-order valence-corrected chi connectivity index (χ2v) is 4.03. The summed E-state index contributed by atoms with van der Waals surface area (Å²) in [7, 11) is 1.35. The fraction of sp³-hybridized carbons (Fsp3) is 0.462. The molecule has 0 bridgehead atoms. The van der Waals surface area contributed by atoms with Crippen LogP contribution in [0.25, 0.3) is 0 Å². The van der Waals surface area contributed by atoms with Crippen molar-refractivity contribution in [3.63, 3.8) is 0 Å². The minimum atomic E-state index is -0.434. The van der Waals surface area contributed by atoms with E-state index in [1.165, 1.54) is 13.4 Å². The Balaban J connectivity index is 2.76. The molecule has 0 fully saturated rings. The molecule has 4 heteroatoms. The van der Waals surface area contributed by atoms with Gasteiger partial charge < -0.3 is 9.15 Å². The van der Waals surface area contributed by atoms with Gasteiger partial charge in [-0.05, 0) is 19.5 Å². The van der Waals surface area contributed by atoms with Crippen LogP contribution in [0.3, 0.4) is 0 Å². The molecular formula is C13H19NO3. The van der Waals surface area contributed by atoms with Crippen molar-refractivity contribution in [1.82, 2.24) is 4.90 Å². The summed E-state index contributed by atoms with van der Waals surface area (Å²) in [6.45, 7) is 10.3. The van der Waals surface area contributed by atoms with Gasteiger partial charge in [-0.15, -0.1) is 0 Å². The van der Waals surface area contributed by atoms with Gasteiger partial charge in [-0.25, -0.2) is 4.79 Å². The SMILES string of the molecule is C=C(C)CN(CC)Cc1ccoc1C(=O)OC. The van der Waals surface area contributed by atoms with Crippen LogP contribution < -0.4 is 0 Å². The molecule has 1 aromatic rings. The molecule has 0 radical (unpaired) electrons. The molecule has 0 aliphatic heterocycles. The number of furan rings is 1. The number of carbonyl (C=O) groups is 1. The highest BCUT2D eigenvalue weighted by atomic mass is 16.5. The average molecular weight is 237 g/mol. The van der Waals surface area contributed by atoms with E-state index in [0.29, 0.717) is 6.54 Å². The molecule has 17 heavy (non-hydrogen) atoms. The van der Waals surface area contributed by atoms with Crippen molar-refractivity contribution in [2.75, 3.05) is 20.2 Å². The quantitative estimate of drug-likeness (QED) is 0.563. The molecular weight excluding hydrogens is 218 g/mol. The van der Waals surface area contributed by atoms with Crippen molar-refractivity contribution in [2.24, 2.45) is 0 Å². The summed E-state index contributed by atoms with van der Waals surface area (Å²) < 4.78 is 9.81. The molecule has 0 unspecified atom stereocenters. The molecule has 0 N–H and O–H groups in total. The Labute approximate surface area is 102 Å². The topological polar surface area (TPSA) is 42.7 Å². The van der Waals surface area contributed by atoms with Crippen LogP contribution in [0.1, 0.15) is 30.0 Å². The van der Waals surface area contributed by atoms with Crippen LogP contribution in [-0.4, -0.2) is 31.1 Å². The Hall–Kier alpha value is -1.55. The third-order valence-electron chi connectivity index (χ3n) is 2.45. The highest BCUT2D eigenvalue weighted by Gasteiger charge is 2.17. The second-order valence-electron chi connectivity index (χ2n) is 4.03. The van der Waals surface area contributed by atoms with Gasteiger partial charge >= 0.3 is 5.97 Å². The van der Waals surface area contributed by atoms with Crippen LogP contribution >= 0.6 is 0 Å². The van der Waals surface area contributed by atoms with Gasteiger partial charge in [0.1, 0.15) is 0 Å². The monoisotopic (exact) mass is 237 g/mol. The van der Waals surface area contributed by atoms with Crippen LogP contribution in [0, 0.1) is 0 Å². The van der Waals surface area contributed by atoms with Crippen molar-refractivity contribution >= 4 is 5.97 Å². The Morgan fingerprint density at radius 1 is 1.59 bits per heavy atom. The minimum absolute atomic E-state index is 0.285. The van der Waals surface area contributed by atoms with Gasteiger partial charge in [0.2, 0.25) is 5.76 Å². The van der Waals surface area contributed by atoms with Crippen molar-refractivity contribution in [2.45, 2.75) is 20.4 Å². The third kappa shape index (κ3) is 3.75. The van der Waals surface area contributed by atoms with Gasteiger partial charge in [0.15, 0.2) is 0 Å². The molecule has 0 saturated carbocycles. The minimum Gasteiger partial charge on any atom is -0.463 e. The first kappa shape index (κ1) is 13.5. The van der Waals surface area contributed by atoms with Crippen molar-refractivity contribution < 1.29 is 13.9 Å². The molecule has 1 aromatic heterocycles. The lowest BCUT2D eigenvalue weighted by atomic mass is 10.2. The summed E-state index contributed by atoms with van der Waals surface area (Å²) in [5.41, 5.74) is 1.94. The number of rotatable bonds is 6. The lowest BCUT2D eigenvalue weighted by Gasteiger charge is -2.19. The molecule has 0 atom stereocenters. The summed E-state index contributed by atoms with van der Waals surface area (Å²) in [6.07, 6.45) is 1.51. The zero-order valence-corrected chi connectivity index (χ0v) is 10.7. The third-order valence-corrected chi connectivity index (χ3v) is 2.45. The Kier molecular flexibility index (Phi) is 4.97. The summed E-state index contributed by atoms with van der Waals surface area (Å²) in [6, 6.07) is 1.80. The van der Waals surface area contributed by atoms with Crippen LogP contribution in [0.4, 0.5) is 0 Å². The highest BCUT2D eigenvalue weighted by Crippen LogP contribution is 2.15. The maximum absolute atomic E-state index is 11.4. The van der Waals surface area contributed by atoms with Gasteiger partial charge in [-0.2, -0.15) is 0 Å². The Bertz CT molecular complexity index is 395. The first-order chi connectivity index (χ1) is 8.08. The maximum atomic E-state index is 11.4. The van der Waals surface area contributed by atoms with Gasteiger partial charge in [0.25, 0.3) is 0 Å². The van der Waals surface area contributed by atoms with Crippen molar-refractivity contribution in [1.29, 1.82) is 0 Å². The number of hydrogen-bond donors (Lipinski definition) is 0. The average Bonchev–Trinajstić information content (AvgIpc) is 2.74. The predicted molar refractivity (Wildman–Crippen MR) is 65.8 cm³/mol. The van der Waals surface area contributed by atoms with Gasteiger partial charge in [-0.3, -0.25) is 4.90 Å². The normalized spacial score (nSPS) is 10.6. The largest absolute Gasteiger partial charge is 0.463 e. The first-order valence-corrected chi connectivity index (χ1v) is 5.59. The van der Waals surface area contributed by atoms with Crippen molar-refractivity contribution in [3.05, 3.63) is 35.8 Å². The van der Waals surface area contributed by atoms with E-state index >= 15 is 0 Å². The highest BCUT2D eigenvalue weighted by molar-refractivity contribution is 5.87. The maximum Gasteiger partial charge on any atom is 0.374 e. The number of nitrogens with zero attached hydrogens (tertiary/aromatic N) is 1. The molecule has 0 spiro atoms. The molecule has 1 heterocycles. The fourth-order valence-corrected chi connectivity index (χ4v) is 1.63. The summed E-state index contributed by atoms with van der Waals surface area (Å²) >= 11 is 0. The lowest BCUT2D eigenvalue weighted by Crippen LogP contribution is -2.25. The number of carbonyl (C=O) groups excluding carboxylic acids is 1. The zero-order chi connectivity index (χ0) is 12.8. The van der Waals surface area contributed by atoms with Crippen molar-refractivity contribution in [3.8, 4) is 0 Å². The fourth-order valence-electron chi connectivity index (χ4n) is 1.63. The van der Waals surface area contributed by atoms with Gasteiger partial charge in [-0.1, -0.05) is 19.1 Å². The molecule has 0 saturated heterocycles. The molecule has 0 amide bonds. The van der Waals surface area contributed by atoms with E-state index in [9.17, 15) is 4.79 Å². The van der Waals surface area contributed by atoms with Crippen LogP contribution in [0.2, 0.25) is 0 Å². The number of hydrogen-bond acceptors (Lipinski definition) is 4. The number of likely N-dealkylation sites (N-methyl/N-ethyl adjacent to an activating group) is 1. The van der Waals surface area contributed by atoms with E-state index in [1.54, 1.807) is 6.07 Å². The zero-order valence-electron chi connectivity index (χ0n) is 10.7.